The van der Waals surface area contributed by atoms with E-state index in [0.29, 0.717) is 0 Å². The third-order valence-corrected chi connectivity index (χ3v) is 3.41. The molecule has 0 aliphatic rings. The molecule has 0 aliphatic heterocycles. The Kier molecular flexibility index (Phi) is 2.73. The van der Waals surface area contributed by atoms with Gasteiger partial charge in [0.15, 0.2) is 0 Å². The Morgan fingerprint density at radius 3 is 2.00 bits per heavy atom. The molecule has 3 heteroatoms. The summed E-state index contributed by atoms with van der Waals surface area (Å²) >= 11 is 12.4. The summed E-state index contributed by atoms with van der Waals surface area (Å²) in [6.07, 6.45) is 0.787. The fourth-order valence-corrected chi connectivity index (χ4v) is 3.13. The van der Waals surface area contributed by atoms with Gasteiger partial charge in [0.1, 0.15) is 0 Å². The molecule has 0 bridgehead atoms. The molecule has 0 N–H and O–H groups in total. The second-order valence-electron chi connectivity index (χ2n) is 3.70. The molecule has 0 heterocycles. The number of halogens is 2. The van der Waals surface area contributed by atoms with Crippen LogP contribution < -0.4 is 0 Å². The molecule has 1 aromatic carbocycles. The second kappa shape index (κ2) is 3.18. The molecule has 1 rings (SSSR count). The average molecular weight is 223 g/mol. The van der Waals surface area contributed by atoms with E-state index in [1.807, 2.05) is 31.5 Å². The minimum atomic E-state index is -2.41. The Morgan fingerprint density at radius 2 is 1.58 bits per heavy atom. The summed E-state index contributed by atoms with van der Waals surface area (Å²) in [6, 6.07) is 10.1. The summed E-state index contributed by atoms with van der Waals surface area (Å²) in [6.45, 7) is 3.89. The zero-order valence-electron chi connectivity index (χ0n) is 7.30. The molecule has 1 aromatic rings. The van der Waals surface area contributed by atoms with Gasteiger partial charge in [-0.15, -0.1) is 0 Å². The molecule has 0 atom stereocenters. The van der Waals surface area contributed by atoms with Crippen molar-refractivity contribution in [1.29, 1.82) is 0 Å². The molecular weight excluding hydrogens is 210 g/mol. The van der Waals surface area contributed by atoms with Crippen molar-refractivity contribution in [2.75, 3.05) is 13.3 Å². The monoisotopic (exact) mass is 222 g/mol. The summed E-state index contributed by atoms with van der Waals surface area (Å²) in [5, 5.41) is -2.41. The average Bonchev–Trinajstić information content (AvgIpc) is 1.83. The van der Waals surface area contributed by atoms with Crippen molar-refractivity contribution in [3.63, 3.8) is 0 Å². The van der Waals surface area contributed by atoms with Gasteiger partial charge in [0, 0.05) is 0 Å². The normalized spacial score (nSPS) is 15.2. The molecule has 0 nitrogen and oxygen atoms in total. The predicted octanol–water partition coefficient (Wildman–Crippen LogP) is 4.31. The second-order valence-corrected chi connectivity index (χ2v) is 15.2. The Labute approximate surface area is 83.4 Å². The Hall–Kier alpha value is 0.230. The molecule has 0 fully saturated rings. The number of rotatable bonds is 2. The Bertz CT molecular complexity index is 252. The molecule has 0 saturated carbocycles. The predicted molar refractivity (Wildman–Crippen MR) is 60.6 cm³/mol. The van der Waals surface area contributed by atoms with E-state index in [4.69, 9.17) is 22.5 Å². The van der Waals surface area contributed by atoms with Crippen LogP contribution in [0.2, 0.25) is 0 Å². The zero-order valence-corrected chi connectivity index (χ0v) is 9.70. The first-order valence-corrected chi connectivity index (χ1v) is 8.94. The third kappa shape index (κ3) is 4.30. The van der Waals surface area contributed by atoms with Crippen molar-refractivity contribution in [2.24, 2.45) is 0 Å². The van der Waals surface area contributed by atoms with E-state index < -0.39 is 5.31 Å². The van der Waals surface area contributed by atoms with Gasteiger partial charge in [0.25, 0.3) is 0 Å². The number of benzene rings is 1. The van der Waals surface area contributed by atoms with Crippen LogP contribution in [0, 0.1) is 0 Å². The van der Waals surface area contributed by atoms with E-state index in [2.05, 4.69) is 12.1 Å². The number of hydrogen-bond acceptors (Lipinski definition) is 0. The van der Waals surface area contributed by atoms with E-state index >= 15 is 0 Å². The van der Waals surface area contributed by atoms with Crippen molar-refractivity contribution < 1.29 is 0 Å². The Balaban J connectivity index is 2.79. The van der Waals surface area contributed by atoms with Crippen LogP contribution in [-0.2, 0) is 6.16 Å². The first-order valence-electron chi connectivity index (χ1n) is 3.81. The molecule has 0 amide bonds. The van der Waals surface area contributed by atoms with E-state index in [1.54, 1.807) is 0 Å². The maximum absolute atomic E-state index is 6.22. The first-order chi connectivity index (χ1) is 5.33. The van der Waals surface area contributed by atoms with Crippen molar-refractivity contribution >= 4 is 27.8 Å². The topological polar surface area (TPSA) is 0 Å². The van der Waals surface area contributed by atoms with Crippen LogP contribution in [0.1, 0.15) is 5.56 Å². The van der Waals surface area contributed by atoms with Crippen LogP contribution in [0.5, 0.6) is 0 Å². The fraction of sp³-hybridized carbons (Fsp3) is 0.333. The standard InChI is InChI=1S/C9H13Cl2P/c1-12(2,10,11)8-9-6-4-3-5-7-9/h3-7H,8H2,1-2H3. The Morgan fingerprint density at radius 1 is 1.08 bits per heavy atom. The molecule has 0 saturated heterocycles. The van der Waals surface area contributed by atoms with Gasteiger partial charge in [0.2, 0.25) is 0 Å². The molecule has 12 heavy (non-hydrogen) atoms. The molecule has 0 radical (unpaired) electrons. The van der Waals surface area contributed by atoms with E-state index in [9.17, 15) is 0 Å². The van der Waals surface area contributed by atoms with Crippen LogP contribution in [0.3, 0.4) is 0 Å². The van der Waals surface area contributed by atoms with Gasteiger partial charge >= 0.3 is 83.2 Å². The first kappa shape index (κ1) is 10.3. The molecule has 0 aliphatic carbocycles. The van der Waals surface area contributed by atoms with Gasteiger partial charge in [-0.1, -0.05) is 0 Å². The van der Waals surface area contributed by atoms with E-state index in [0.717, 1.165) is 6.16 Å². The van der Waals surface area contributed by atoms with Gasteiger partial charge in [-0.05, 0) is 0 Å². The van der Waals surface area contributed by atoms with Crippen LogP contribution >= 0.6 is 27.8 Å². The van der Waals surface area contributed by atoms with Gasteiger partial charge < -0.3 is 0 Å². The number of hydrogen-bond donors (Lipinski definition) is 0. The van der Waals surface area contributed by atoms with Crippen LogP contribution in [0.4, 0.5) is 0 Å². The zero-order chi connectivity index (χ0) is 9.27. The maximum atomic E-state index is 6.22. The molecule has 0 aromatic heterocycles. The summed E-state index contributed by atoms with van der Waals surface area (Å²) in [4.78, 5) is 0. The molecular formula is C9H13Cl2P. The molecule has 0 spiro atoms. The van der Waals surface area contributed by atoms with Crippen LogP contribution in [0.25, 0.3) is 0 Å². The molecule has 68 valence electrons. The third-order valence-electron chi connectivity index (χ3n) is 1.46. The van der Waals surface area contributed by atoms with Gasteiger partial charge in [-0.3, -0.25) is 0 Å². The van der Waals surface area contributed by atoms with Crippen molar-refractivity contribution in [3.8, 4) is 0 Å². The van der Waals surface area contributed by atoms with Crippen molar-refractivity contribution in [2.45, 2.75) is 6.16 Å². The summed E-state index contributed by atoms with van der Waals surface area (Å²) in [7, 11) is 0. The fourth-order valence-electron chi connectivity index (χ4n) is 1.09. The van der Waals surface area contributed by atoms with E-state index in [-0.39, 0.29) is 0 Å². The van der Waals surface area contributed by atoms with Crippen molar-refractivity contribution in [3.05, 3.63) is 35.9 Å². The molecule has 0 unspecified atom stereocenters. The summed E-state index contributed by atoms with van der Waals surface area (Å²) in [5.41, 5.74) is 1.21. The minimum absolute atomic E-state index is 0.787. The van der Waals surface area contributed by atoms with Gasteiger partial charge in [-0.25, -0.2) is 0 Å². The van der Waals surface area contributed by atoms with Gasteiger partial charge in [0.05, 0.1) is 0 Å². The quantitative estimate of drug-likeness (QED) is 0.655. The van der Waals surface area contributed by atoms with E-state index in [1.165, 1.54) is 5.56 Å². The van der Waals surface area contributed by atoms with Gasteiger partial charge in [-0.2, -0.15) is 0 Å². The summed E-state index contributed by atoms with van der Waals surface area (Å²) in [5.74, 6) is 0. The van der Waals surface area contributed by atoms with Crippen LogP contribution in [0.15, 0.2) is 30.3 Å². The van der Waals surface area contributed by atoms with Crippen molar-refractivity contribution in [1.82, 2.24) is 0 Å². The summed E-state index contributed by atoms with van der Waals surface area (Å²) < 4.78 is 0. The van der Waals surface area contributed by atoms with Crippen LogP contribution in [-0.4, -0.2) is 13.3 Å². The SMILES string of the molecule is CP(C)(Cl)(Cl)Cc1ccccc1.